The van der Waals surface area contributed by atoms with Gasteiger partial charge in [0.15, 0.2) is 0 Å². The molecule has 0 saturated heterocycles. The highest BCUT2D eigenvalue weighted by atomic mass is 19.1. The zero-order chi connectivity index (χ0) is 14.8. The molecule has 0 aliphatic rings. The second-order valence-corrected chi connectivity index (χ2v) is 4.67. The number of benzene rings is 2. The molecule has 4 heteroatoms. The molecule has 1 aromatic heterocycles. The highest BCUT2D eigenvalue weighted by Crippen LogP contribution is 2.23. The summed E-state index contributed by atoms with van der Waals surface area (Å²) in [4.78, 5) is 11.0. The number of carboxylic acid groups (broad SMARTS) is 1. The summed E-state index contributed by atoms with van der Waals surface area (Å²) in [6.07, 6.45) is 3.66. The SMILES string of the molecule is O=C(O)c1cccc(-c2ccn(-c3cccc(F)c3)c2)c1. The van der Waals surface area contributed by atoms with Gasteiger partial charge in [-0.3, -0.25) is 0 Å². The molecule has 0 spiro atoms. The minimum atomic E-state index is -0.957. The second kappa shape index (κ2) is 5.25. The van der Waals surface area contributed by atoms with Crippen molar-refractivity contribution in [3.63, 3.8) is 0 Å². The molecule has 0 atom stereocenters. The summed E-state index contributed by atoms with van der Waals surface area (Å²) in [7, 11) is 0. The van der Waals surface area contributed by atoms with Gasteiger partial charge in [-0.2, -0.15) is 0 Å². The van der Waals surface area contributed by atoms with Crippen molar-refractivity contribution >= 4 is 5.97 Å². The third kappa shape index (κ3) is 2.69. The van der Waals surface area contributed by atoms with Crippen molar-refractivity contribution in [3.8, 4) is 16.8 Å². The van der Waals surface area contributed by atoms with Gasteiger partial charge in [-0.05, 0) is 47.5 Å². The van der Waals surface area contributed by atoms with E-state index in [9.17, 15) is 9.18 Å². The number of rotatable bonds is 3. The van der Waals surface area contributed by atoms with Gasteiger partial charge in [0.2, 0.25) is 0 Å². The van der Waals surface area contributed by atoms with Crippen LogP contribution < -0.4 is 0 Å². The van der Waals surface area contributed by atoms with E-state index in [-0.39, 0.29) is 11.4 Å². The lowest BCUT2D eigenvalue weighted by molar-refractivity contribution is 0.0697. The number of aromatic carboxylic acids is 1. The Morgan fingerprint density at radius 3 is 2.57 bits per heavy atom. The minimum absolute atomic E-state index is 0.242. The highest BCUT2D eigenvalue weighted by molar-refractivity contribution is 5.89. The van der Waals surface area contributed by atoms with Crippen molar-refractivity contribution in [2.24, 2.45) is 0 Å². The topological polar surface area (TPSA) is 42.2 Å². The Bertz CT molecular complexity index is 808. The number of aromatic nitrogens is 1. The van der Waals surface area contributed by atoms with E-state index < -0.39 is 5.97 Å². The largest absolute Gasteiger partial charge is 0.478 e. The standard InChI is InChI=1S/C17H12FNO2/c18-15-5-2-6-16(10-15)19-8-7-14(11-19)12-3-1-4-13(9-12)17(20)21/h1-11H,(H,20,21). The molecule has 0 amide bonds. The lowest BCUT2D eigenvalue weighted by atomic mass is 10.1. The molecule has 0 fully saturated rings. The van der Waals surface area contributed by atoms with Gasteiger partial charge in [0.05, 0.1) is 5.56 Å². The summed E-state index contributed by atoms with van der Waals surface area (Å²) < 4.78 is 15.0. The van der Waals surface area contributed by atoms with E-state index in [1.807, 2.05) is 24.5 Å². The van der Waals surface area contributed by atoms with Crippen LogP contribution in [0.1, 0.15) is 10.4 Å². The van der Waals surface area contributed by atoms with E-state index >= 15 is 0 Å². The van der Waals surface area contributed by atoms with E-state index in [0.717, 1.165) is 16.8 Å². The normalized spacial score (nSPS) is 10.5. The molecule has 0 aliphatic carbocycles. The van der Waals surface area contributed by atoms with E-state index in [1.54, 1.807) is 34.9 Å². The maximum Gasteiger partial charge on any atom is 0.335 e. The predicted octanol–water partition coefficient (Wildman–Crippen LogP) is 3.98. The molecule has 3 aromatic rings. The monoisotopic (exact) mass is 281 g/mol. The maximum atomic E-state index is 13.2. The van der Waals surface area contributed by atoms with Crippen molar-refractivity contribution in [3.05, 3.63) is 78.4 Å². The van der Waals surface area contributed by atoms with E-state index in [2.05, 4.69) is 0 Å². The number of hydrogen-bond donors (Lipinski definition) is 1. The van der Waals surface area contributed by atoms with Crippen LogP contribution in [-0.4, -0.2) is 15.6 Å². The van der Waals surface area contributed by atoms with Crippen LogP contribution in [-0.2, 0) is 0 Å². The molecule has 3 rings (SSSR count). The molecule has 1 heterocycles. The highest BCUT2D eigenvalue weighted by Gasteiger charge is 2.06. The first kappa shape index (κ1) is 13.1. The Morgan fingerprint density at radius 1 is 1.00 bits per heavy atom. The van der Waals surface area contributed by atoms with Crippen molar-refractivity contribution in [1.29, 1.82) is 0 Å². The smallest absolute Gasteiger partial charge is 0.335 e. The molecule has 21 heavy (non-hydrogen) atoms. The Hall–Kier alpha value is -2.88. The summed E-state index contributed by atoms with van der Waals surface area (Å²) >= 11 is 0. The van der Waals surface area contributed by atoms with Crippen molar-refractivity contribution in [2.75, 3.05) is 0 Å². The molecule has 0 unspecified atom stereocenters. The Labute approximate surface area is 120 Å². The molecule has 0 bridgehead atoms. The lowest BCUT2D eigenvalue weighted by Gasteiger charge is -2.03. The summed E-state index contributed by atoms with van der Waals surface area (Å²) in [5, 5.41) is 9.02. The number of hydrogen-bond acceptors (Lipinski definition) is 1. The number of carboxylic acids is 1. The summed E-state index contributed by atoms with van der Waals surface area (Å²) in [6, 6.07) is 14.9. The number of halogens is 1. The third-order valence-corrected chi connectivity index (χ3v) is 3.24. The zero-order valence-electron chi connectivity index (χ0n) is 11.0. The first-order valence-corrected chi connectivity index (χ1v) is 6.41. The average Bonchev–Trinajstić information content (AvgIpc) is 2.97. The van der Waals surface area contributed by atoms with Gasteiger partial charge in [0.25, 0.3) is 0 Å². The van der Waals surface area contributed by atoms with Crippen molar-refractivity contribution < 1.29 is 14.3 Å². The zero-order valence-corrected chi connectivity index (χ0v) is 11.0. The van der Waals surface area contributed by atoms with Crippen LogP contribution in [0.3, 0.4) is 0 Å². The molecule has 0 aliphatic heterocycles. The van der Waals surface area contributed by atoms with Gasteiger partial charge >= 0.3 is 5.97 Å². The van der Waals surface area contributed by atoms with Gasteiger partial charge in [-0.1, -0.05) is 18.2 Å². The van der Waals surface area contributed by atoms with Crippen LogP contribution in [0.2, 0.25) is 0 Å². The Morgan fingerprint density at radius 2 is 1.81 bits per heavy atom. The third-order valence-electron chi connectivity index (χ3n) is 3.24. The summed E-state index contributed by atoms with van der Waals surface area (Å²) in [5.41, 5.74) is 2.65. The van der Waals surface area contributed by atoms with Gasteiger partial charge in [-0.25, -0.2) is 9.18 Å². The summed E-state index contributed by atoms with van der Waals surface area (Å²) in [6.45, 7) is 0. The van der Waals surface area contributed by atoms with Crippen LogP contribution in [0, 0.1) is 5.82 Å². The first-order valence-electron chi connectivity index (χ1n) is 6.41. The van der Waals surface area contributed by atoms with Crippen LogP contribution in [0.25, 0.3) is 16.8 Å². The van der Waals surface area contributed by atoms with Crippen LogP contribution in [0.15, 0.2) is 67.0 Å². The van der Waals surface area contributed by atoms with Gasteiger partial charge < -0.3 is 9.67 Å². The molecular weight excluding hydrogens is 269 g/mol. The fourth-order valence-electron chi connectivity index (χ4n) is 2.20. The molecule has 3 nitrogen and oxygen atoms in total. The van der Waals surface area contributed by atoms with Crippen LogP contribution in [0.5, 0.6) is 0 Å². The van der Waals surface area contributed by atoms with Crippen molar-refractivity contribution in [1.82, 2.24) is 4.57 Å². The van der Waals surface area contributed by atoms with E-state index in [4.69, 9.17) is 5.11 Å². The number of nitrogens with zero attached hydrogens (tertiary/aromatic N) is 1. The average molecular weight is 281 g/mol. The Kier molecular flexibility index (Phi) is 3.28. The molecule has 1 N–H and O–H groups in total. The molecule has 2 aromatic carbocycles. The van der Waals surface area contributed by atoms with Gasteiger partial charge in [0, 0.05) is 18.1 Å². The fourth-order valence-corrected chi connectivity index (χ4v) is 2.20. The van der Waals surface area contributed by atoms with Crippen LogP contribution in [0.4, 0.5) is 4.39 Å². The van der Waals surface area contributed by atoms with E-state index in [1.165, 1.54) is 12.1 Å². The predicted molar refractivity (Wildman–Crippen MR) is 78.1 cm³/mol. The minimum Gasteiger partial charge on any atom is -0.478 e. The van der Waals surface area contributed by atoms with Gasteiger partial charge in [0.1, 0.15) is 5.82 Å². The molecule has 104 valence electrons. The van der Waals surface area contributed by atoms with E-state index in [0.29, 0.717) is 0 Å². The maximum absolute atomic E-state index is 13.2. The lowest BCUT2D eigenvalue weighted by Crippen LogP contribution is -1.95. The summed E-state index contributed by atoms with van der Waals surface area (Å²) in [5.74, 6) is -1.25. The quantitative estimate of drug-likeness (QED) is 0.789. The fraction of sp³-hybridized carbons (Fsp3) is 0. The molecule has 0 radical (unpaired) electrons. The second-order valence-electron chi connectivity index (χ2n) is 4.67. The van der Waals surface area contributed by atoms with Crippen LogP contribution >= 0.6 is 0 Å². The Balaban J connectivity index is 1.98. The molecular formula is C17H12FNO2. The van der Waals surface area contributed by atoms with Gasteiger partial charge in [-0.15, -0.1) is 0 Å². The number of carbonyl (C=O) groups is 1. The first-order chi connectivity index (χ1) is 10.1. The molecule has 0 saturated carbocycles. The van der Waals surface area contributed by atoms with Crippen molar-refractivity contribution in [2.45, 2.75) is 0 Å².